The van der Waals surface area contributed by atoms with E-state index in [2.05, 4.69) is 48.3 Å². The fraction of sp³-hybridized carbons (Fsp3) is 0.484. The molecule has 1 saturated heterocycles. The second-order valence-electron chi connectivity index (χ2n) is 9.88. The molecule has 40 heavy (non-hydrogen) atoms. The molecule has 0 radical (unpaired) electrons. The number of halogens is 3. The first kappa shape index (κ1) is 31.6. The molecule has 0 aliphatic carbocycles. The lowest BCUT2D eigenvalue weighted by atomic mass is 10.0. The first-order chi connectivity index (χ1) is 19.1. The van der Waals surface area contributed by atoms with Crippen molar-refractivity contribution in [3.05, 3.63) is 48.2 Å². The fourth-order valence-electron chi connectivity index (χ4n) is 4.67. The summed E-state index contributed by atoms with van der Waals surface area (Å²) in [7, 11) is 3.72. The third-order valence-corrected chi connectivity index (χ3v) is 7.49. The Bertz CT molecular complexity index is 1300. The Labute approximate surface area is 240 Å². The summed E-state index contributed by atoms with van der Waals surface area (Å²) in [6, 6.07) is 13.5. The van der Waals surface area contributed by atoms with Gasteiger partial charge < -0.3 is 24.8 Å². The average molecular weight is 575 g/mol. The summed E-state index contributed by atoms with van der Waals surface area (Å²) in [6.07, 6.45) is -2.37. The average Bonchev–Trinajstić information content (AvgIpc) is 3.26. The molecule has 1 aromatic heterocycles. The van der Waals surface area contributed by atoms with E-state index in [9.17, 15) is 13.2 Å². The smallest absolute Gasteiger partial charge is 0.406 e. The Morgan fingerprint density at radius 2 is 1.80 bits per heavy atom. The monoisotopic (exact) mass is 574 g/mol. The molecule has 2 N–H and O–H groups in total. The third-order valence-electron chi connectivity index (χ3n) is 6.49. The molecule has 1 fully saturated rings. The number of anilines is 2. The van der Waals surface area contributed by atoms with Gasteiger partial charge in [0, 0.05) is 27.3 Å². The van der Waals surface area contributed by atoms with Gasteiger partial charge in [-0.3, -0.25) is 0 Å². The molecule has 0 amide bonds. The number of likely N-dealkylation sites (tertiary alicyclic amines) is 1. The topological polar surface area (TPSA) is 41.5 Å². The van der Waals surface area contributed by atoms with Crippen molar-refractivity contribution in [1.82, 2.24) is 9.47 Å². The van der Waals surface area contributed by atoms with Crippen LogP contribution in [0.5, 0.6) is 5.75 Å². The van der Waals surface area contributed by atoms with Crippen LogP contribution in [0.25, 0.3) is 10.9 Å². The van der Waals surface area contributed by atoms with Gasteiger partial charge in [-0.05, 0) is 75.3 Å². The number of rotatable bonds is 8. The van der Waals surface area contributed by atoms with E-state index >= 15 is 0 Å². The van der Waals surface area contributed by atoms with Crippen LogP contribution < -0.4 is 15.4 Å². The summed E-state index contributed by atoms with van der Waals surface area (Å²) >= 11 is 1.74. The van der Waals surface area contributed by atoms with Gasteiger partial charge in [-0.2, -0.15) is 13.2 Å². The first-order valence-electron chi connectivity index (χ1n) is 13.8. The van der Waals surface area contributed by atoms with Gasteiger partial charge in [0.15, 0.2) is 0 Å². The van der Waals surface area contributed by atoms with Crippen LogP contribution in [0.3, 0.4) is 0 Å². The number of methoxy groups -OCH3 is 1. The second kappa shape index (κ2) is 14.6. The number of hydrogen-bond donors (Lipinski definition) is 2. The molecule has 3 aromatic rings. The maximum atomic E-state index is 13.5. The first-order valence-corrected chi connectivity index (χ1v) is 14.7. The highest BCUT2D eigenvalue weighted by Crippen LogP contribution is 2.33. The van der Waals surface area contributed by atoms with Gasteiger partial charge >= 0.3 is 6.18 Å². The number of aromatic nitrogens is 1. The van der Waals surface area contributed by atoms with Crippen LogP contribution in [0.1, 0.15) is 46.2 Å². The number of alkyl halides is 3. The molecular formula is C31H41F3N4OS. The minimum Gasteiger partial charge on any atom is -0.495 e. The van der Waals surface area contributed by atoms with E-state index in [0.717, 1.165) is 47.6 Å². The summed E-state index contributed by atoms with van der Waals surface area (Å²) in [5.41, 5.74) is 2.50. The maximum Gasteiger partial charge on any atom is 0.406 e. The van der Waals surface area contributed by atoms with Crippen molar-refractivity contribution >= 4 is 34.0 Å². The molecule has 0 bridgehead atoms. The normalized spacial score (nSPS) is 14.3. The van der Waals surface area contributed by atoms with Crippen molar-refractivity contribution in [2.24, 2.45) is 0 Å². The van der Waals surface area contributed by atoms with Gasteiger partial charge in [-0.1, -0.05) is 39.7 Å². The Kier molecular flexibility index (Phi) is 11.5. The van der Waals surface area contributed by atoms with Crippen molar-refractivity contribution in [3.8, 4) is 17.6 Å². The zero-order valence-corrected chi connectivity index (χ0v) is 25.1. The molecule has 4 rings (SSSR count). The van der Waals surface area contributed by atoms with Gasteiger partial charge in [-0.25, -0.2) is 0 Å². The minimum atomic E-state index is -4.36. The number of fused-ring (bicyclic) bond motifs is 1. The number of nitrogens with zero attached hydrogens (tertiary/aromatic N) is 2. The van der Waals surface area contributed by atoms with E-state index < -0.39 is 12.7 Å². The van der Waals surface area contributed by atoms with Crippen LogP contribution >= 0.6 is 11.8 Å². The lowest BCUT2D eigenvalue weighted by Crippen LogP contribution is -2.36. The van der Waals surface area contributed by atoms with E-state index in [1.54, 1.807) is 37.1 Å². The minimum absolute atomic E-state index is 0.265. The molecule has 218 valence electrons. The molecule has 1 aliphatic heterocycles. The molecule has 2 aromatic carbocycles. The molecule has 0 spiro atoms. The van der Waals surface area contributed by atoms with E-state index in [1.807, 2.05) is 38.1 Å². The number of ether oxygens (including phenoxy) is 1. The number of benzene rings is 2. The van der Waals surface area contributed by atoms with E-state index in [4.69, 9.17) is 4.74 Å². The molecule has 9 heteroatoms. The molecule has 0 unspecified atom stereocenters. The van der Waals surface area contributed by atoms with Crippen LogP contribution in [0.4, 0.5) is 24.5 Å². The highest BCUT2D eigenvalue weighted by molar-refractivity contribution is 7.99. The Hall–Kier alpha value is -2.96. The third kappa shape index (κ3) is 8.77. The molecule has 0 saturated carbocycles. The van der Waals surface area contributed by atoms with Gasteiger partial charge in [0.2, 0.25) is 0 Å². The van der Waals surface area contributed by atoms with Crippen LogP contribution in [-0.4, -0.2) is 60.7 Å². The van der Waals surface area contributed by atoms with Gasteiger partial charge in [-0.15, -0.1) is 11.8 Å². The quantitative estimate of drug-likeness (QED) is 0.213. The maximum absolute atomic E-state index is 13.5. The predicted octanol–water partition coefficient (Wildman–Crippen LogP) is 7.71. The Morgan fingerprint density at radius 1 is 1.07 bits per heavy atom. The molecule has 0 atom stereocenters. The van der Waals surface area contributed by atoms with E-state index in [1.165, 1.54) is 4.57 Å². The summed E-state index contributed by atoms with van der Waals surface area (Å²) in [6.45, 7) is 9.43. The largest absolute Gasteiger partial charge is 0.495 e. The van der Waals surface area contributed by atoms with Crippen molar-refractivity contribution in [2.45, 2.75) is 69.4 Å². The van der Waals surface area contributed by atoms with Crippen molar-refractivity contribution < 1.29 is 17.9 Å². The summed E-state index contributed by atoms with van der Waals surface area (Å²) in [5, 5.41) is 8.01. The summed E-state index contributed by atoms with van der Waals surface area (Å²) in [4.78, 5) is 3.39. The zero-order chi connectivity index (χ0) is 29.3. The fourth-order valence-corrected chi connectivity index (χ4v) is 5.54. The van der Waals surface area contributed by atoms with Gasteiger partial charge in [0.25, 0.3) is 0 Å². The Balaban J connectivity index is 0.00000216. The Morgan fingerprint density at radius 3 is 2.45 bits per heavy atom. The molecule has 5 nitrogen and oxygen atoms in total. The highest BCUT2D eigenvalue weighted by atomic mass is 32.2. The van der Waals surface area contributed by atoms with Crippen molar-refractivity contribution in [3.63, 3.8) is 0 Å². The van der Waals surface area contributed by atoms with Crippen LogP contribution in [0.2, 0.25) is 0 Å². The van der Waals surface area contributed by atoms with Crippen molar-refractivity contribution in [2.75, 3.05) is 44.4 Å². The van der Waals surface area contributed by atoms with E-state index in [-0.39, 0.29) is 6.54 Å². The zero-order valence-electron chi connectivity index (χ0n) is 24.3. The molecule has 1 aliphatic rings. The molecule has 2 heterocycles. The van der Waals surface area contributed by atoms with Crippen LogP contribution in [-0.2, 0) is 6.54 Å². The SMILES string of the molecule is CC.COc1cc(SC(C)C)ccc1NCC#Cc1cc2c(NC3CCN(C)CC3)cccc2n1CC(F)(F)F. The lowest BCUT2D eigenvalue weighted by Gasteiger charge is -2.30. The predicted molar refractivity (Wildman–Crippen MR) is 163 cm³/mol. The highest BCUT2D eigenvalue weighted by Gasteiger charge is 2.30. The standard InChI is InChI=1S/C29H35F3N4OS.C2H6/c1-20(2)38-23-10-11-26(28(18-23)37-4)33-14-6-7-22-17-24-25(34-21-12-15-35(3)16-13-21)8-5-9-27(24)36(22)19-29(30,31)32;1-2/h5,8-11,17-18,20-21,33-34H,12-16,19H2,1-4H3;1-2H3. The summed E-state index contributed by atoms with van der Waals surface area (Å²) in [5.74, 6) is 6.69. The van der Waals surface area contributed by atoms with E-state index in [0.29, 0.717) is 28.3 Å². The lowest BCUT2D eigenvalue weighted by molar-refractivity contribution is -0.140. The van der Waals surface area contributed by atoms with Gasteiger partial charge in [0.1, 0.15) is 12.3 Å². The number of hydrogen-bond acceptors (Lipinski definition) is 5. The number of piperidine rings is 1. The molecular weight excluding hydrogens is 533 g/mol. The summed E-state index contributed by atoms with van der Waals surface area (Å²) < 4.78 is 47.4. The number of nitrogens with one attached hydrogen (secondary N) is 2. The second-order valence-corrected chi connectivity index (χ2v) is 11.5. The number of thioether (sulfide) groups is 1. The van der Waals surface area contributed by atoms with Crippen LogP contribution in [0.15, 0.2) is 47.4 Å². The van der Waals surface area contributed by atoms with Gasteiger partial charge in [0.05, 0.1) is 30.6 Å². The van der Waals surface area contributed by atoms with Crippen LogP contribution in [0, 0.1) is 11.8 Å². The van der Waals surface area contributed by atoms with Crippen molar-refractivity contribution in [1.29, 1.82) is 0 Å².